The van der Waals surface area contributed by atoms with E-state index in [1.165, 1.54) is 0 Å². The topological polar surface area (TPSA) is 65.7 Å². The van der Waals surface area contributed by atoms with Crippen LogP contribution in [-0.2, 0) is 6.54 Å². The van der Waals surface area contributed by atoms with E-state index in [1.807, 2.05) is 16.9 Å². The third-order valence-corrected chi connectivity index (χ3v) is 3.16. The number of aliphatic hydroxyl groups is 1. The maximum atomic E-state index is 9.58. The van der Waals surface area contributed by atoms with Crippen LogP contribution < -0.4 is 5.32 Å². The van der Waals surface area contributed by atoms with E-state index < -0.39 is 0 Å². The van der Waals surface area contributed by atoms with Gasteiger partial charge in [-0.25, -0.2) is 0 Å². The van der Waals surface area contributed by atoms with Crippen LogP contribution in [0.2, 0.25) is 0 Å². The van der Waals surface area contributed by atoms with Crippen molar-refractivity contribution in [3.8, 4) is 0 Å². The minimum Gasteiger partial charge on any atom is -0.391 e. The van der Waals surface area contributed by atoms with E-state index in [0.717, 1.165) is 45.0 Å². The number of hydrogen-bond donors (Lipinski definition) is 2. The van der Waals surface area contributed by atoms with Crippen molar-refractivity contribution >= 4 is 5.96 Å². The lowest BCUT2D eigenvalue weighted by atomic mass is 10.3. The second kappa shape index (κ2) is 7.13. The molecule has 1 saturated heterocycles. The maximum Gasteiger partial charge on any atom is 0.194 e. The van der Waals surface area contributed by atoms with Gasteiger partial charge in [0.2, 0.25) is 0 Å². The maximum absolute atomic E-state index is 9.58. The lowest BCUT2D eigenvalue weighted by Gasteiger charge is -2.20. The lowest BCUT2D eigenvalue weighted by Crippen LogP contribution is -2.40. The predicted octanol–water partition coefficient (Wildman–Crippen LogP) is 0.305. The average molecular weight is 265 g/mol. The molecule has 6 heteroatoms. The van der Waals surface area contributed by atoms with E-state index in [9.17, 15) is 5.11 Å². The van der Waals surface area contributed by atoms with Gasteiger partial charge in [-0.05, 0) is 25.8 Å². The molecule has 0 spiro atoms. The van der Waals surface area contributed by atoms with Gasteiger partial charge in [0, 0.05) is 45.1 Å². The highest BCUT2D eigenvalue weighted by molar-refractivity contribution is 5.80. The van der Waals surface area contributed by atoms with Gasteiger partial charge in [-0.2, -0.15) is 5.10 Å². The molecule has 2 N–H and O–H groups in total. The molecule has 0 unspecified atom stereocenters. The first-order chi connectivity index (χ1) is 9.29. The summed E-state index contributed by atoms with van der Waals surface area (Å²) in [7, 11) is 0. The van der Waals surface area contributed by atoms with E-state index in [0.29, 0.717) is 6.54 Å². The van der Waals surface area contributed by atoms with Crippen LogP contribution in [0.5, 0.6) is 0 Å². The molecular weight excluding hydrogens is 242 g/mol. The molecule has 106 valence electrons. The summed E-state index contributed by atoms with van der Waals surface area (Å²) in [6, 6.07) is 1.93. The van der Waals surface area contributed by atoms with Crippen LogP contribution >= 0.6 is 0 Å². The summed E-state index contributed by atoms with van der Waals surface area (Å²) in [6.45, 7) is 6.14. The molecule has 1 atom stereocenters. The number of aliphatic hydroxyl groups excluding tert-OH is 1. The van der Waals surface area contributed by atoms with E-state index in [2.05, 4.69) is 27.2 Å². The third kappa shape index (κ3) is 4.24. The number of hydrogen-bond acceptors (Lipinski definition) is 3. The van der Waals surface area contributed by atoms with Crippen LogP contribution in [0.15, 0.2) is 23.5 Å². The second-order valence-corrected chi connectivity index (χ2v) is 4.75. The molecule has 0 saturated carbocycles. The highest BCUT2D eigenvalue weighted by Crippen LogP contribution is 2.08. The SMILES string of the molecule is CCNC(=NCCCn1cccn1)N1CC[C@@H](O)C1. The van der Waals surface area contributed by atoms with Crippen LogP contribution in [0.1, 0.15) is 19.8 Å². The van der Waals surface area contributed by atoms with E-state index in [4.69, 9.17) is 0 Å². The Kier molecular flexibility index (Phi) is 5.20. The number of aromatic nitrogens is 2. The summed E-state index contributed by atoms with van der Waals surface area (Å²) in [5.74, 6) is 0.916. The molecule has 2 rings (SSSR count). The number of aliphatic imine (C=N–C) groups is 1. The Balaban J connectivity index is 1.79. The van der Waals surface area contributed by atoms with Crippen molar-refractivity contribution in [2.75, 3.05) is 26.2 Å². The minimum atomic E-state index is -0.215. The fourth-order valence-corrected chi connectivity index (χ4v) is 2.21. The summed E-state index contributed by atoms with van der Waals surface area (Å²) in [5, 5.41) is 17.0. The molecule has 0 aromatic carbocycles. The van der Waals surface area contributed by atoms with Crippen LogP contribution in [-0.4, -0.2) is 58.0 Å². The quantitative estimate of drug-likeness (QED) is 0.457. The normalized spacial score (nSPS) is 20.0. The summed E-state index contributed by atoms with van der Waals surface area (Å²) in [5.41, 5.74) is 0. The second-order valence-electron chi connectivity index (χ2n) is 4.75. The van der Waals surface area contributed by atoms with Crippen LogP contribution in [0.25, 0.3) is 0 Å². The number of nitrogens with zero attached hydrogens (tertiary/aromatic N) is 4. The van der Waals surface area contributed by atoms with Gasteiger partial charge >= 0.3 is 0 Å². The van der Waals surface area contributed by atoms with Crippen molar-refractivity contribution in [2.24, 2.45) is 4.99 Å². The van der Waals surface area contributed by atoms with Crippen molar-refractivity contribution in [1.82, 2.24) is 20.0 Å². The first-order valence-corrected chi connectivity index (χ1v) is 6.98. The number of β-amino-alcohol motifs (C(OH)–C–C–N with tert-alkyl or cyclic N) is 1. The summed E-state index contributed by atoms with van der Waals surface area (Å²) in [6.07, 6.45) is 5.34. The van der Waals surface area contributed by atoms with Crippen LogP contribution in [0, 0.1) is 0 Å². The zero-order chi connectivity index (χ0) is 13.5. The van der Waals surface area contributed by atoms with Gasteiger partial charge in [0.15, 0.2) is 5.96 Å². The van der Waals surface area contributed by atoms with Gasteiger partial charge in [0.1, 0.15) is 0 Å². The van der Waals surface area contributed by atoms with Gasteiger partial charge in [-0.3, -0.25) is 9.67 Å². The zero-order valence-corrected chi connectivity index (χ0v) is 11.5. The zero-order valence-electron chi connectivity index (χ0n) is 11.5. The molecule has 2 heterocycles. The van der Waals surface area contributed by atoms with Crippen molar-refractivity contribution in [3.63, 3.8) is 0 Å². The third-order valence-electron chi connectivity index (χ3n) is 3.16. The number of guanidine groups is 1. The molecule has 0 bridgehead atoms. The van der Waals surface area contributed by atoms with Gasteiger partial charge in [-0.15, -0.1) is 0 Å². The summed E-state index contributed by atoms with van der Waals surface area (Å²) >= 11 is 0. The van der Waals surface area contributed by atoms with E-state index in [-0.39, 0.29) is 6.10 Å². The number of aryl methyl sites for hydroxylation is 1. The Morgan fingerprint density at radius 3 is 3.11 bits per heavy atom. The molecule has 0 aliphatic carbocycles. The Morgan fingerprint density at radius 2 is 2.47 bits per heavy atom. The first-order valence-electron chi connectivity index (χ1n) is 6.98. The summed E-state index contributed by atoms with van der Waals surface area (Å²) < 4.78 is 1.92. The van der Waals surface area contributed by atoms with Gasteiger partial charge in [-0.1, -0.05) is 0 Å². The largest absolute Gasteiger partial charge is 0.391 e. The molecule has 19 heavy (non-hydrogen) atoms. The van der Waals surface area contributed by atoms with Crippen molar-refractivity contribution in [2.45, 2.75) is 32.4 Å². The minimum absolute atomic E-state index is 0.215. The first kappa shape index (κ1) is 13.9. The van der Waals surface area contributed by atoms with Crippen molar-refractivity contribution in [1.29, 1.82) is 0 Å². The van der Waals surface area contributed by atoms with Crippen molar-refractivity contribution in [3.05, 3.63) is 18.5 Å². The van der Waals surface area contributed by atoms with Gasteiger partial charge in [0.25, 0.3) is 0 Å². The standard InChI is InChI=1S/C13H23N5O/c1-2-14-13(17-10-5-12(19)11-17)15-6-3-8-18-9-4-7-16-18/h4,7,9,12,19H,2-3,5-6,8,10-11H2,1H3,(H,14,15)/t12-/m1/s1. The fourth-order valence-electron chi connectivity index (χ4n) is 2.21. The van der Waals surface area contributed by atoms with Gasteiger partial charge < -0.3 is 15.3 Å². The highest BCUT2D eigenvalue weighted by atomic mass is 16.3. The molecule has 0 amide bonds. The van der Waals surface area contributed by atoms with Crippen LogP contribution in [0.3, 0.4) is 0 Å². The Labute approximate surface area is 114 Å². The number of nitrogens with one attached hydrogen (secondary N) is 1. The van der Waals surface area contributed by atoms with Crippen molar-refractivity contribution < 1.29 is 5.11 Å². The molecule has 6 nitrogen and oxygen atoms in total. The number of likely N-dealkylation sites (tertiary alicyclic amines) is 1. The van der Waals surface area contributed by atoms with E-state index >= 15 is 0 Å². The number of rotatable bonds is 5. The molecule has 1 aromatic heterocycles. The predicted molar refractivity (Wildman–Crippen MR) is 75.0 cm³/mol. The van der Waals surface area contributed by atoms with Crippen LogP contribution in [0.4, 0.5) is 0 Å². The monoisotopic (exact) mass is 265 g/mol. The fraction of sp³-hybridized carbons (Fsp3) is 0.692. The molecule has 1 aromatic rings. The Bertz CT molecular complexity index is 390. The highest BCUT2D eigenvalue weighted by Gasteiger charge is 2.22. The summed E-state index contributed by atoms with van der Waals surface area (Å²) in [4.78, 5) is 6.74. The van der Waals surface area contributed by atoms with E-state index in [1.54, 1.807) is 6.20 Å². The molecule has 0 radical (unpaired) electrons. The molecule has 1 fully saturated rings. The molecule has 1 aliphatic rings. The molecular formula is C13H23N5O. The average Bonchev–Trinajstić information content (AvgIpc) is 3.04. The Hall–Kier alpha value is -1.56. The molecule has 1 aliphatic heterocycles. The lowest BCUT2D eigenvalue weighted by molar-refractivity contribution is 0.188. The smallest absolute Gasteiger partial charge is 0.194 e. The Morgan fingerprint density at radius 1 is 1.58 bits per heavy atom. The van der Waals surface area contributed by atoms with Gasteiger partial charge in [0.05, 0.1) is 6.10 Å².